The first kappa shape index (κ1) is 30.9. The number of rotatable bonds is 6. The van der Waals surface area contributed by atoms with Crippen molar-refractivity contribution in [2.24, 2.45) is 23.7 Å². The molecule has 12 rings (SSSR count). The molecule has 0 amide bonds. The van der Waals surface area contributed by atoms with Gasteiger partial charge in [0.15, 0.2) is 0 Å². The lowest BCUT2D eigenvalue weighted by molar-refractivity contribution is -0.0399. The minimum absolute atomic E-state index is 0.133. The van der Waals surface area contributed by atoms with Crippen LogP contribution < -0.4 is 4.90 Å². The van der Waals surface area contributed by atoms with Crippen LogP contribution in [0.5, 0.6) is 0 Å². The fourth-order valence-corrected chi connectivity index (χ4v) is 11.4. The van der Waals surface area contributed by atoms with Crippen LogP contribution in [0.4, 0.5) is 17.1 Å². The molecule has 0 aliphatic heterocycles. The fraction of sp³-hybridized carbons (Fsp3) is 0.192. The van der Waals surface area contributed by atoms with Gasteiger partial charge in [-0.1, -0.05) is 140 Å². The Morgan fingerprint density at radius 3 is 1.25 bits per heavy atom. The molecule has 7 aromatic rings. The van der Waals surface area contributed by atoms with Gasteiger partial charge in [-0.15, -0.1) is 0 Å². The van der Waals surface area contributed by atoms with Crippen molar-refractivity contribution in [3.05, 3.63) is 187 Å². The van der Waals surface area contributed by atoms with Crippen LogP contribution in [0.1, 0.15) is 43.2 Å². The molecule has 1 spiro atoms. The summed E-state index contributed by atoms with van der Waals surface area (Å²) in [5.74, 6) is 3.33. The van der Waals surface area contributed by atoms with Crippen LogP contribution in [0.2, 0.25) is 0 Å². The molecule has 4 bridgehead atoms. The lowest BCUT2D eigenvalue weighted by atomic mass is 9.43. The molecule has 5 aliphatic carbocycles. The summed E-state index contributed by atoms with van der Waals surface area (Å²) in [7, 11) is 0. The van der Waals surface area contributed by atoms with Gasteiger partial charge in [0.05, 0.1) is 0 Å². The van der Waals surface area contributed by atoms with Crippen LogP contribution in [-0.2, 0) is 5.41 Å². The summed E-state index contributed by atoms with van der Waals surface area (Å²) in [6.07, 6.45) is 7.04. The second-order valence-electron chi connectivity index (χ2n) is 16.2. The maximum absolute atomic E-state index is 2.61. The largest absolute Gasteiger partial charge is 0.310 e. The molecule has 0 heterocycles. The van der Waals surface area contributed by atoms with Crippen LogP contribution in [0.25, 0.3) is 44.5 Å². The lowest BCUT2D eigenvalue weighted by Gasteiger charge is -2.61. The maximum Gasteiger partial charge on any atom is 0.0465 e. The number of anilines is 3. The minimum Gasteiger partial charge on any atom is -0.310 e. The molecular formula is C52H43N. The van der Waals surface area contributed by atoms with Crippen LogP contribution in [0.15, 0.2) is 176 Å². The molecule has 1 nitrogen and oxygen atoms in total. The van der Waals surface area contributed by atoms with Crippen LogP contribution >= 0.6 is 0 Å². The van der Waals surface area contributed by atoms with E-state index in [9.17, 15) is 0 Å². The Morgan fingerprint density at radius 1 is 0.340 bits per heavy atom. The summed E-state index contributed by atoms with van der Waals surface area (Å²) in [4.78, 5) is 2.49. The van der Waals surface area contributed by atoms with Gasteiger partial charge in [-0.3, -0.25) is 0 Å². The second kappa shape index (κ2) is 12.2. The number of hydrogen-bond donors (Lipinski definition) is 0. The molecule has 4 saturated carbocycles. The smallest absolute Gasteiger partial charge is 0.0465 e. The Labute approximate surface area is 313 Å². The molecule has 0 aromatic heterocycles. The molecule has 53 heavy (non-hydrogen) atoms. The van der Waals surface area contributed by atoms with E-state index in [0.29, 0.717) is 0 Å². The first-order valence-electron chi connectivity index (χ1n) is 19.7. The quantitative estimate of drug-likeness (QED) is 0.169. The van der Waals surface area contributed by atoms with Crippen molar-refractivity contribution in [1.82, 2.24) is 0 Å². The van der Waals surface area contributed by atoms with Crippen LogP contribution in [-0.4, -0.2) is 0 Å². The second-order valence-corrected chi connectivity index (χ2v) is 16.2. The van der Waals surface area contributed by atoms with Crippen molar-refractivity contribution >= 4 is 17.1 Å². The van der Waals surface area contributed by atoms with Gasteiger partial charge in [0.2, 0.25) is 0 Å². The van der Waals surface area contributed by atoms with Gasteiger partial charge < -0.3 is 4.90 Å². The zero-order valence-electron chi connectivity index (χ0n) is 30.0. The monoisotopic (exact) mass is 681 g/mol. The number of nitrogens with zero attached hydrogens (tertiary/aromatic N) is 1. The Balaban J connectivity index is 1.02. The highest BCUT2D eigenvalue weighted by Gasteiger charge is 2.61. The van der Waals surface area contributed by atoms with Crippen molar-refractivity contribution in [2.75, 3.05) is 4.90 Å². The standard InChI is InChI=1S/C52H43N/c1-3-9-37(10-4-1)39-15-17-40(18-16-39)42-21-25-46(26-22-42)53(45-23-19-41(20-24-45)38-11-5-2-6-12-38)47-27-28-49-48-13-7-8-14-50(48)52(51(49)34-47)43-30-35-29-36(32-43)33-44(52)31-35/h1-28,34-36,43-44H,29-33H2/t35-,36?,43-,44-,52?/m1/s1. The third-order valence-electron chi connectivity index (χ3n) is 13.5. The Kier molecular flexibility index (Phi) is 7.12. The molecule has 4 fully saturated rings. The molecule has 0 radical (unpaired) electrons. The average Bonchev–Trinajstić information content (AvgIpc) is 3.51. The predicted octanol–water partition coefficient (Wildman–Crippen LogP) is 13.9. The van der Waals surface area contributed by atoms with Gasteiger partial charge in [-0.25, -0.2) is 0 Å². The zero-order valence-corrected chi connectivity index (χ0v) is 30.0. The highest BCUT2D eigenvalue weighted by atomic mass is 15.1. The number of benzene rings is 7. The summed E-state index contributed by atoms with van der Waals surface area (Å²) in [5.41, 5.74) is 17.3. The molecule has 0 atom stereocenters. The van der Waals surface area contributed by atoms with Gasteiger partial charge in [0, 0.05) is 22.5 Å². The van der Waals surface area contributed by atoms with Crippen molar-refractivity contribution in [2.45, 2.75) is 37.5 Å². The van der Waals surface area contributed by atoms with Crippen LogP contribution in [0, 0.1) is 23.7 Å². The van der Waals surface area contributed by atoms with E-state index in [1.54, 1.807) is 11.1 Å². The number of fused-ring (bicyclic) bond motifs is 3. The van der Waals surface area contributed by atoms with Crippen molar-refractivity contribution in [1.29, 1.82) is 0 Å². The fourth-order valence-electron chi connectivity index (χ4n) is 11.4. The van der Waals surface area contributed by atoms with Gasteiger partial charge in [0.1, 0.15) is 0 Å². The molecule has 0 unspecified atom stereocenters. The third kappa shape index (κ3) is 4.90. The van der Waals surface area contributed by atoms with Gasteiger partial charge >= 0.3 is 0 Å². The summed E-state index contributed by atoms with van der Waals surface area (Å²) >= 11 is 0. The van der Waals surface area contributed by atoms with E-state index in [1.807, 2.05) is 0 Å². The molecular weight excluding hydrogens is 639 g/mol. The first-order valence-corrected chi connectivity index (χ1v) is 19.7. The summed E-state index contributed by atoms with van der Waals surface area (Å²) < 4.78 is 0. The van der Waals surface area contributed by atoms with Gasteiger partial charge in [0.25, 0.3) is 0 Å². The topological polar surface area (TPSA) is 3.24 Å². The molecule has 0 saturated heterocycles. The molecule has 5 aliphatic rings. The molecule has 256 valence electrons. The SMILES string of the molecule is c1ccc(-c2ccc(-c3ccc(N(c4ccc(-c5ccccc5)cc4)c4ccc5c(c4)C4(c6ccccc6-5)[C@H]5CC6C[C@H](C5)C[C@@H]4C6)cc3)cc2)cc1. The van der Waals surface area contributed by atoms with E-state index in [1.165, 1.54) is 93.7 Å². The number of hydrogen-bond acceptors (Lipinski definition) is 1. The normalized spacial score (nSPS) is 23.2. The molecule has 7 aromatic carbocycles. The van der Waals surface area contributed by atoms with Gasteiger partial charge in [-0.05, 0) is 148 Å². The zero-order chi connectivity index (χ0) is 34.9. The van der Waals surface area contributed by atoms with E-state index in [0.717, 1.165) is 23.7 Å². The lowest BCUT2D eigenvalue weighted by Crippen LogP contribution is -2.55. The van der Waals surface area contributed by atoms with E-state index in [2.05, 4.69) is 181 Å². The Bertz CT molecular complexity index is 2400. The third-order valence-corrected chi connectivity index (χ3v) is 13.5. The molecule has 1 heteroatoms. The molecule has 0 N–H and O–H groups in total. The Hall–Kier alpha value is -5.66. The van der Waals surface area contributed by atoms with E-state index < -0.39 is 0 Å². The average molecular weight is 682 g/mol. The summed E-state index contributed by atoms with van der Waals surface area (Å²) in [5, 5.41) is 0. The van der Waals surface area contributed by atoms with Crippen molar-refractivity contribution < 1.29 is 0 Å². The maximum atomic E-state index is 2.61. The summed E-state index contributed by atoms with van der Waals surface area (Å²) in [6, 6.07) is 65.6. The minimum atomic E-state index is 0.133. The van der Waals surface area contributed by atoms with E-state index in [-0.39, 0.29) is 5.41 Å². The first-order chi connectivity index (χ1) is 26.2. The van der Waals surface area contributed by atoms with E-state index >= 15 is 0 Å². The van der Waals surface area contributed by atoms with E-state index in [4.69, 9.17) is 0 Å². The van der Waals surface area contributed by atoms with Crippen LogP contribution in [0.3, 0.4) is 0 Å². The van der Waals surface area contributed by atoms with Crippen molar-refractivity contribution in [3.8, 4) is 44.5 Å². The predicted molar refractivity (Wildman–Crippen MR) is 221 cm³/mol. The highest BCUT2D eigenvalue weighted by Crippen LogP contribution is 2.69. The van der Waals surface area contributed by atoms with Gasteiger partial charge in [-0.2, -0.15) is 0 Å². The van der Waals surface area contributed by atoms with Crippen molar-refractivity contribution in [3.63, 3.8) is 0 Å². The highest BCUT2D eigenvalue weighted by molar-refractivity contribution is 5.87. The summed E-state index contributed by atoms with van der Waals surface area (Å²) in [6.45, 7) is 0. The Morgan fingerprint density at radius 2 is 0.736 bits per heavy atom.